The Morgan fingerprint density at radius 3 is 2.48 bits per heavy atom. The molecular weight excluding hydrogens is 483 g/mol. The molecule has 0 aliphatic carbocycles. The fourth-order valence-corrected chi connectivity index (χ4v) is 2.58. The average molecular weight is 514 g/mol. The zero-order chi connectivity index (χ0) is 20.0. The quantitative estimate of drug-likeness (QED) is 0.208. The van der Waals surface area contributed by atoms with Crippen LogP contribution in [0.15, 0.2) is 58.4 Å². The molecule has 0 unspecified atom stereocenters. The number of pyridine rings is 1. The van der Waals surface area contributed by atoms with E-state index in [-0.39, 0.29) is 29.5 Å². The van der Waals surface area contributed by atoms with Crippen molar-refractivity contribution in [2.45, 2.75) is 19.5 Å². The molecule has 0 saturated carbocycles. The smallest absolute Gasteiger partial charge is 0.250 e. The van der Waals surface area contributed by atoms with Crippen molar-refractivity contribution < 1.29 is 9.47 Å². The predicted octanol–water partition coefficient (Wildman–Crippen LogP) is 2.23. The second-order valence-corrected chi connectivity index (χ2v) is 6.29. The molecule has 0 fully saturated rings. The molecule has 0 aliphatic heterocycles. The van der Waals surface area contributed by atoms with E-state index in [4.69, 9.17) is 9.47 Å². The number of ether oxygens (including phenoxy) is 2. The first-order valence-corrected chi connectivity index (χ1v) is 9.47. The van der Waals surface area contributed by atoms with E-state index >= 15 is 0 Å². The number of rotatable bonds is 11. The molecule has 8 heteroatoms. The van der Waals surface area contributed by atoms with Gasteiger partial charge < -0.3 is 24.7 Å². The Morgan fingerprint density at radius 2 is 1.79 bits per heavy atom. The second kappa shape index (κ2) is 15.0. The molecular formula is C21H31IN4O3. The minimum absolute atomic E-state index is 0. The number of halogens is 1. The van der Waals surface area contributed by atoms with E-state index in [9.17, 15) is 4.79 Å². The number of hydrogen-bond acceptors (Lipinski definition) is 4. The Bertz CT molecular complexity index is 778. The molecule has 0 atom stereocenters. The van der Waals surface area contributed by atoms with E-state index in [1.165, 1.54) is 0 Å². The fraction of sp³-hybridized carbons (Fsp3) is 0.429. The van der Waals surface area contributed by atoms with Gasteiger partial charge in [-0.15, -0.1) is 24.0 Å². The van der Waals surface area contributed by atoms with E-state index in [2.05, 4.69) is 27.8 Å². The fourth-order valence-electron chi connectivity index (χ4n) is 2.58. The first kappa shape index (κ1) is 25.1. The number of aliphatic imine (C=N–C) groups is 1. The average Bonchev–Trinajstić information content (AvgIpc) is 2.72. The van der Waals surface area contributed by atoms with Gasteiger partial charge in [0.15, 0.2) is 5.96 Å². The van der Waals surface area contributed by atoms with E-state index in [0.717, 1.165) is 30.1 Å². The van der Waals surface area contributed by atoms with Crippen LogP contribution < -0.4 is 16.2 Å². The van der Waals surface area contributed by atoms with E-state index in [1.54, 1.807) is 37.1 Å². The molecule has 0 aliphatic rings. The van der Waals surface area contributed by atoms with Gasteiger partial charge in [0.05, 0.1) is 19.8 Å². The highest BCUT2D eigenvalue weighted by Gasteiger charge is 2.00. The molecule has 0 spiro atoms. The number of nitrogens with one attached hydrogen (secondary N) is 2. The molecule has 2 N–H and O–H groups in total. The Balaban J connectivity index is 0.00000420. The van der Waals surface area contributed by atoms with Crippen LogP contribution in [0, 0.1) is 0 Å². The monoisotopic (exact) mass is 514 g/mol. The summed E-state index contributed by atoms with van der Waals surface area (Å²) in [5, 5.41) is 6.57. The van der Waals surface area contributed by atoms with Crippen LogP contribution in [0.25, 0.3) is 0 Å². The summed E-state index contributed by atoms with van der Waals surface area (Å²) >= 11 is 0. The van der Waals surface area contributed by atoms with Crippen LogP contribution in [0.5, 0.6) is 0 Å². The van der Waals surface area contributed by atoms with Crippen LogP contribution in [0.1, 0.15) is 17.5 Å². The molecule has 2 rings (SSSR count). The second-order valence-electron chi connectivity index (χ2n) is 6.29. The molecule has 0 radical (unpaired) electrons. The molecule has 29 heavy (non-hydrogen) atoms. The van der Waals surface area contributed by atoms with Crippen molar-refractivity contribution in [2.24, 2.45) is 4.99 Å². The number of methoxy groups -OCH3 is 1. The summed E-state index contributed by atoms with van der Waals surface area (Å²) in [6.45, 7) is 3.98. The van der Waals surface area contributed by atoms with Crippen LogP contribution in [0.4, 0.5) is 0 Å². The van der Waals surface area contributed by atoms with Gasteiger partial charge in [-0.1, -0.05) is 30.3 Å². The van der Waals surface area contributed by atoms with Gasteiger partial charge in [0, 0.05) is 46.1 Å². The van der Waals surface area contributed by atoms with Gasteiger partial charge in [-0.3, -0.25) is 9.79 Å². The third kappa shape index (κ3) is 9.91. The van der Waals surface area contributed by atoms with Crippen LogP contribution in [0.3, 0.4) is 0 Å². The summed E-state index contributed by atoms with van der Waals surface area (Å²) in [6, 6.07) is 13.4. The lowest BCUT2D eigenvalue weighted by atomic mass is 10.1. The van der Waals surface area contributed by atoms with Crippen LogP contribution >= 0.6 is 24.0 Å². The minimum atomic E-state index is 0. The maximum absolute atomic E-state index is 11.8. The SMILES string of the molecule is CN=C(NCCCOCCOC)NCc1ccc(Cn2ccccc2=O)cc1.I. The molecule has 0 bridgehead atoms. The standard InChI is InChI=1S/C21H30N4O3.HI/c1-22-21(23-11-5-13-28-15-14-27-2)24-16-18-7-9-19(10-8-18)17-25-12-4-3-6-20(25)26;/h3-4,6-10,12H,5,11,13-17H2,1-2H3,(H2,22,23,24);1H. The molecule has 0 amide bonds. The molecule has 7 nitrogen and oxygen atoms in total. The van der Waals surface area contributed by atoms with Gasteiger partial charge in [-0.05, 0) is 23.6 Å². The van der Waals surface area contributed by atoms with Crippen molar-refractivity contribution in [1.29, 1.82) is 0 Å². The molecule has 1 heterocycles. The predicted molar refractivity (Wildman–Crippen MR) is 127 cm³/mol. The van der Waals surface area contributed by atoms with Crippen molar-refractivity contribution in [1.82, 2.24) is 15.2 Å². The highest BCUT2D eigenvalue weighted by atomic mass is 127. The lowest BCUT2D eigenvalue weighted by Crippen LogP contribution is -2.37. The highest BCUT2D eigenvalue weighted by molar-refractivity contribution is 14.0. The van der Waals surface area contributed by atoms with Crippen LogP contribution in [0.2, 0.25) is 0 Å². The van der Waals surface area contributed by atoms with Crippen molar-refractivity contribution in [2.75, 3.05) is 40.5 Å². The maximum atomic E-state index is 11.8. The summed E-state index contributed by atoms with van der Waals surface area (Å²) < 4.78 is 12.1. The summed E-state index contributed by atoms with van der Waals surface area (Å²) in [5.74, 6) is 0.761. The number of benzene rings is 1. The number of hydrogen-bond donors (Lipinski definition) is 2. The normalized spacial score (nSPS) is 11.0. The van der Waals surface area contributed by atoms with Crippen LogP contribution in [-0.2, 0) is 22.6 Å². The third-order valence-corrected chi connectivity index (χ3v) is 4.15. The van der Waals surface area contributed by atoms with Crippen molar-refractivity contribution >= 4 is 29.9 Å². The van der Waals surface area contributed by atoms with Gasteiger partial charge in [0.1, 0.15) is 0 Å². The number of guanidine groups is 1. The van der Waals surface area contributed by atoms with E-state index in [1.807, 2.05) is 18.2 Å². The van der Waals surface area contributed by atoms with Crippen molar-refractivity contribution in [3.8, 4) is 0 Å². The molecule has 2 aromatic rings. The van der Waals surface area contributed by atoms with Gasteiger partial charge in [0.2, 0.25) is 0 Å². The van der Waals surface area contributed by atoms with Gasteiger partial charge in [-0.25, -0.2) is 0 Å². The van der Waals surface area contributed by atoms with Gasteiger partial charge in [0.25, 0.3) is 5.56 Å². The van der Waals surface area contributed by atoms with Gasteiger partial charge in [-0.2, -0.15) is 0 Å². The Kier molecular flexibility index (Phi) is 13.0. The zero-order valence-corrected chi connectivity index (χ0v) is 19.4. The summed E-state index contributed by atoms with van der Waals surface area (Å²) in [5.41, 5.74) is 2.25. The Hall–Kier alpha value is -1.91. The molecule has 1 aromatic carbocycles. The summed E-state index contributed by atoms with van der Waals surface area (Å²) in [4.78, 5) is 16.0. The largest absolute Gasteiger partial charge is 0.382 e. The lowest BCUT2D eigenvalue weighted by Gasteiger charge is -2.12. The van der Waals surface area contributed by atoms with E-state index in [0.29, 0.717) is 32.9 Å². The lowest BCUT2D eigenvalue weighted by molar-refractivity contribution is 0.0698. The van der Waals surface area contributed by atoms with Crippen molar-refractivity contribution in [3.05, 3.63) is 70.1 Å². The van der Waals surface area contributed by atoms with Crippen LogP contribution in [-0.4, -0.2) is 51.0 Å². The van der Waals surface area contributed by atoms with Crippen molar-refractivity contribution in [3.63, 3.8) is 0 Å². The summed E-state index contributed by atoms with van der Waals surface area (Å²) in [7, 11) is 3.42. The number of aromatic nitrogens is 1. The Labute approximate surface area is 189 Å². The first-order chi connectivity index (χ1) is 13.7. The summed E-state index contributed by atoms with van der Waals surface area (Å²) in [6.07, 6.45) is 2.70. The highest BCUT2D eigenvalue weighted by Crippen LogP contribution is 2.05. The molecule has 160 valence electrons. The van der Waals surface area contributed by atoms with E-state index < -0.39 is 0 Å². The zero-order valence-electron chi connectivity index (χ0n) is 17.1. The third-order valence-electron chi connectivity index (χ3n) is 4.15. The van der Waals surface area contributed by atoms with Gasteiger partial charge >= 0.3 is 0 Å². The Morgan fingerprint density at radius 1 is 1.03 bits per heavy atom. The first-order valence-electron chi connectivity index (χ1n) is 9.47. The molecule has 0 saturated heterocycles. The minimum Gasteiger partial charge on any atom is -0.382 e. The maximum Gasteiger partial charge on any atom is 0.250 e. The number of nitrogens with zero attached hydrogens (tertiary/aromatic N) is 2. The topological polar surface area (TPSA) is 76.9 Å². The molecule has 1 aromatic heterocycles.